The number of nitrogens with one attached hydrogen (secondary N) is 3. The molecule has 1 unspecified atom stereocenters. The van der Waals surface area contributed by atoms with Crippen LogP contribution in [0.15, 0.2) is 64.5 Å². The van der Waals surface area contributed by atoms with Gasteiger partial charge in [-0.3, -0.25) is 14.4 Å². The number of anilines is 2. The van der Waals surface area contributed by atoms with Crippen molar-refractivity contribution in [3.8, 4) is 0 Å². The van der Waals surface area contributed by atoms with Crippen molar-refractivity contribution in [2.45, 2.75) is 36.6 Å². The van der Waals surface area contributed by atoms with Crippen LogP contribution in [0.4, 0.5) is 11.5 Å². The van der Waals surface area contributed by atoms with Gasteiger partial charge in [0.2, 0.25) is 11.8 Å². The molecule has 31 heavy (non-hydrogen) atoms. The summed E-state index contributed by atoms with van der Waals surface area (Å²) in [6, 6.07) is 17.3. The molecule has 2 heterocycles. The standard InChI is InChI=1S/C23H22N4O3S/c1-2-15-10-6-7-11-17(15)24-21(29)16-12-18(28)25-20-19(16)22(30)27-23(26-20)31-13-14-8-4-3-5-9-14/h3-11,16H,2,12-13H2,1H3,(H,24,29)(H2,25,26,27,28,30). The van der Waals surface area contributed by atoms with Gasteiger partial charge in [0, 0.05) is 17.9 Å². The molecule has 0 spiro atoms. The van der Waals surface area contributed by atoms with Crippen LogP contribution in [0.1, 0.15) is 36.0 Å². The second-order valence-corrected chi connectivity index (χ2v) is 8.18. The van der Waals surface area contributed by atoms with Crippen molar-refractivity contribution in [2.75, 3.05) is 10.6 Å². The van der Waals surface area contributed by atoms with E-state index >= 15 is 0 Å². The molecule has 8 heteroatoms. The van der Waals surface area contributed by atoms with Crippen LogP contribution in [0.3, 0.4) is 0 Å². The van der Waals surface area contributed by atoms with E-state index in [2.05, 4.69) is 20.6 Å². The quantitative estimate of drug-likeness (QED) is 0.405. The van der Waals surface area contributed by atoms with Crippen molar-refractivity contribution >= 4 is 35.1 Å². The van der Waals surface area contributed by atoms with Crippen molar-refractivity contribution in [1.29, 1.82) is 0 Å². The van der Waals surface area contributed by atoms with Gasteiger partial charge >= 0.3 is 0 Å². The monoisotopic (exact) mass is 434 g/mol. The summed E-state index contributed by atoms with van der Waals surface area (Å²) in [4.78, 5) is 45.3. The number of nitrogens with zero attached hydrogens (tertiary/aromatic N) is 1. The van der Waals surface area contributed by atoms with Crippen LogP contribution in [0.5, 0.6) is 0 Å². The molecule has 0 aliphatic carbocycles. The van der Waals surface area contributed by atoms with Crippen molar-refractivity contribution in [3.63, 3.8) is 0 Å². The van der Waals surface area contributed by atoms with Crippen molar-refractivity contribution in [1.82, 2.24) is 9.97 Å². The lowest BCUT2D eigenvalue weighted by Crippen LogP contribution is -2.36. The number of carbonyl (C=O) groups is 2. The number of rotatable bonds is 6. The first-order valence-electron chi connectivity index (χ1n) is 10.0. The largest absolute Gasteiger partial charge is 0.325 e. The van der Waals surface area contributed by atoms with Gasteiger partial charge in [-0.25, -0.2) is 4.98 Å². The third-order valence-electron chi connectivity index (χ3n) is 5.12. The number of aryl methyl sites for hydroxylation is 1. The molecule has 2 aromatic carbocycles. The Hall–Kier alpha value is -3.39. The maximum absolute atomic E-state index is 13.0. The van der Waals surface area contributed by atoms with Crippen LogP contribution in [0, 0.1) is 0 Å². The van der Waals surface area contributed by atoms with Gasteiger partial charge in [0.25, 0.3) is 5.56 Å². The zero-order valence-corrected chi connectivity index (χ0v) is 17.8. The highest BCUT2D eigenvalue weighted by atomic mass is 32.2. The molecule has 3 aromatic rings. The number of thioether (sulfide) groups is 1. The predicted molar refractivity (Wildman–Crippen MR) is 121 cm³/mol. The number of benzene rings is 2. The summed E-state index contributed by atoms with van der Waals surface area (Å²) in [6.07, 6.45) is 0.650. The normalized spacial score (nSPS) is 15.1. The topological polar surface area (TPSA) is 104 Å². The summed E-state index contributed by atoms with van der Waals surface area (Å²) in [5, 5.41) is 5.92. The minimum atomic E-state index is -0.905. The average molecular weight is 435 g/mol. The second kappa shape index (κ2) is 9.18. The van der Waals surface area contributed by atoms with Gasteiger partial charge in [-0.05, 0) is 23.6 Å². The molecule has 0 saturated heterocycles. The Morgan fingerprint density at radius 2 is 1.87 bits per heavy atom. The number of fused-ring (bicyclic) bond motifs is 1. The minimum absolute atomic E-state index is 0.103. The van der Waals surface area contributed by atoms with Crippen LogP contribution in [0.2, 0.25) is 0 Å². The van der Waals surface area contributed by atoms with Crippen LogP contribution >= 0.6 is 11.8 Å². The third-order valence-corrected chi connectivity index (χ3v) is 6.06. The molecular weight excluding hydrogens is 412 g/mol. The number of aromatic amines is 1. The van der Waals surface area contributed by atoms with Gasteiger partial charge in [0.1, 0.15) is 5.82 Å². The lowest BCUT2D eigenvalue weighted by molar-refractivity contribution is -0.123. The molecule has 158 valence electrons. The summed E-state index contributed by atoms with van der Waals surface area (Å²) in [5.74, 6) is -0.867. The Labute approximate surface area is 183 Å². The molecule has 1 aliphatic rings. The van der Waals surface area contributed by atoms with Gasteiger partial charge in [-0.15, -0.1) is 0 Å². The SMILES string of the molecule is CCc1ccccc1NC(=O)C1CC(=O)Nc2nc(SCc3ccccc3)[nH]c(=O)c21. The van der Waals surface area contributed by atoms with E-state index in [9.17, 15) is 14.4 Å². The first kappa shape index (κ1) is 20.9. The number of hydrogen-bond acceptors (Lipinski definition) is 5. The highest BCUT2D eigenvalue weighted by molar-refractivity contribution is 7.98. The van der Waals surface area contributed by atoms with Crippen LogP contribution < -0.4 is 16.2 Å². The highest BCUT2D eigenvalue weighted by Gasteiger charge is 2.35. The molecule has 3 N–H and O–H groups in total. The number of para-hydroxylation sites is 1. The van der Waals surface area contributed by atoms with Crippen LogP contribution in [0.25, 0.3) is 0 Å². The van der Waals surface area contributed by atoms with E-state index in [-0.39, 0.29) is 23.7 Å². The Kier molecular flexibility index (Phi) is 6.18. The van der Waals surface area contributed by atoms with Gasteiger partial charge in [-0.1, -0.05) is 67.2 Å². The molecular formula is C23H22N4O3S. The Morgan fingerprint density at radius 1 is 1.13 bits per heavy atom. The summed E-state index contributed by atoms with van der Waals surface area (Å²) >= 11 is 1.36. The first-order valence-corrected chi connectivity index (χ1v) is 11.0. The number of H-pyrrole nitrogens is 1. The molecule has 7 nitrogen and oxygen atoms in total. The summed E-state index contributed by atoms with van der Waals surface area (Å²) in [6.45, 7) is 2.00. The van der Waals surface area contributed by atoms with E-state index in [0.29, 0.717) is 16.6 Å². The van der Waals surface area contributed by atoms with E-state index in [1.807, 2.05) is 61.5 Å². The van der Waals surface area contributed by atoms with Crippen molar-refractivity contribution in [2.24, 2.45) is 0 Å². The van der Waals surface area contributed by atoms with E-state index < -0.39 is 17.4 Å². The molecule has 0 radical (unpaired) electrons. The van der Waals surface area contributed by atoms with Gasteiger partial charge in [0.15, 0.2) is 5.16 Å². The third kappa shape index (κ3) is 4.69. The molecule has 1 aliphatic heterocycles. The smallest absolute Gasteiger partial charge is 0.257 e. The zero-order valence-electron chi connectivity index (χ0n) is 17.0. The van der Waals surface area contributed by atoms with Gasteiger partial charge < -0.3 is 15.6 Å². The summed E-state index contributed by atoms with van der Waals surface area (Å²) < 4.78 is 0. The number of hydrogen-bond donors (Lipinski definition) is 3. The van der Waals surface area contributed by atoms with Crippen LogP contribution in [-0.2, 0) is 21.8 Å². The predicted octanol–water partition coefficient (Wildman–Crippen LogP) is 3.69. The fourth-order valence-corrected chi connectivity index (χ4v) is 4.36. The first-order chi connectivity index (χ1) is 15.0. The minimum Gasteiger partial charge on any atom is -0.325 e. The maximum Gasteiger partial charge on any atom is 0.257 e. The van der Waals surface area contributed by atoms with E-state index in [4.69, 9.17) is 0 Å². The molecule has 4 rings (SSSR count). The van der Waals surface area contributed by atoms with E-state index in [1.54, 1.807) is 0 Å². The highest BCUT2D eigenvalue weighted by Crippen LogP contribution is 2.31. The fraction of sp³-hybridized carbons (Fsp3) is 0.217. The second-order valence-electron chi connectivity index (χ2n) is 7.21. The van der Waals surface area contributed by atoms with Crippen LogP contribution in [-0.4, -0.2) is 21.8 Å². The molecule has 0 fully saturated rings. The van der Waals surface area contributed by atoms with E-state index in [1.165, 1.54) is 11.8 Å². The maximum atomic E-state index is 13.0. The lowest BCUT2D eigenvalue weighted by Gasteiger charge is -2.24. The molecule has 2 amide bonds. The van der Waals surface area contributed by atoms with Gasteiger partial charge in [0.05, 0.1) is 11.5 Å². The van der Waals surface area contributed by atoms with Crippen molar-refractivity contribution in [3.05, 3.63) is 81.6 Å². The summed E-state index contributed by atoms with van der Waals surface area (Å²) in [7, 11) is 0. The Bertz CT molecular complexity index is 1180. The lowest BCUT2D eigenvalue weighted by atomic mass is 9.92. The molecule has 0 saturated carbocycles. The zero-order chi connectivity index (χ0) is 21.8. The Morgan fingerprint density at radius 3 is 2.65 bits per heavy atom. The number of carbonyl (C=O) groups excluding carboxylic acids is 2. The molecule has 1 atom stereocenters. The Balaban J connectivity index is 1.59. The molecule has 0 bridgehead atoms. The summed E-state index contributed by atoms with van der Waals surface area (Å²) in [5.41, 5.74) is 2.53. The van der Waals surface area contributed by atoms with Gasteiger partial charge in [-0.2, -0.15) is 0 Å². The van der Waals surface area contributed by atoms with Crippen molar-refractivity contribution < 1.29 is 9.59 Å². The average Bonchev–Trinajstić information content (AvgIpc) is 2.78. The molecule has 1 aromatic heterocycles. The number of aromatic nitrogens is 2. The number of amides is 2. The fourth-order valence-electron chi connectivity index (χ4n) is 3.54. The van der Waals surface area contributed by atoms with E-state index in [0.717, 1.165) is 17.5 Å².